The van der Waals surface area contributed by atoms with E-state index < -0.39 is 27.7 Å². The molecule has 1 aliphatic heterocycles. The molecule has 23 heavy (non-hydrogen) atoms. The maximum Gasteiger partial charge on any atom is 0.245 e. The maximum atomic E-state index is 13.5. The van der Waals surface area contributed by atoms with Crippen LogP contribution in [0.4, 0.5) is 8.78 Å². The predicted molar refractivity (Wildman–Crippen MR) is 78.0 cm³/mol. The minimum absolute atomic E-state index is 0.0972. The van der Waals surface area contributed by atoms with Crippen molar-refractivity contribution in [2.24, 2.45) is 0 Å². The van der Waals surface area contributed by atoms with Crippen LogP contribution in [0.5, 0.6) is 0 Å². The van der Waals surface area contributed by atoms with Gasteiger partial charge in [0.15, 0.2) is 0 Å². The van der Waals surface area contributed by atoms with Crippen molar-refractivity contribution in [2.75, 3.05) is 19.8 Å². The van der Waals surface area contributed by atoms with Crippen LogP contribution in [0, 0.1) is 11.6 Å². The van der Waals surface area contributed by atoms with Crippen LogP contribution in [0.15, 0.2) is 47.6 Å². The molecular formula is C15H14F2N2O3S. The molecule has 2 aromatic rings. The first-order valence-electron chi connectivity index (χ1n) is 6.94. The number of nitrogens with zero attached hydrogens (tertiary/aromatic N) is 2. The Morgan fingerprint density at radius 1 is 1.17 bits per heavy atom. The van der Waals surface area contributed by atoms with Gasteiger partial charge in [0, 0.05) is 12.7 Å². The summed E-state index contributed by atoms with van der Waals surface area (Å²) in [6, 6.07) is 5.93. The maximum absolute atomic E-state index is 13.5. The van der Waals surface area contributed by atoms with Gasteiger partial charge >= 0.3 is 0 Å². The van der Waals surface area contributed by atoms with Gasteiger partial charge < -0.3 is 4.74 Å². The number of pyridine rings is 1. The quantitative estimate of drug-likeness (QED) is 0.859. The number of morpholine rings is 1. The second-order valence-corrected chi connectivity index (χ2v) is 6.99. The Morgan fingerprint density at radius 2 is 2.00 bits per heavy atom. The molecule has 3 rings (SSSR count). The number of hydrogen-bond acceptors (Lipinski definition) is 4. The molecule has 122 valence electrons. The van der Waals surface area contributed by atoms with Gasteiger partial charge in [0.05, 0.1) is 25.5 Å². The van der Waals surface area contributed by atoms with E-state index in [2.05, 4.69) is 4.98 Å². The first-order chi connectivity index (χ1) is 11.0. The van der Waals surface area contributed by atoms with E-state index >= 15 is 0 Å². The van der Waals surface area contributed by atoms with Crippen LogP contribution < -0.4 is 0 Å². The van der Waals surface area contributed by atoms with Crippen molar-refractivity contribution in [3.05, 3.63) is 59.9 Å². The van der Waals surface area contributed by atoms with Crippen LogP contribution in [0.3, 0.4) is 0 Å². The van der Waals surface area contributed by atoms with Crippen molar-refractivity contribution in [1.29, 1.82) is 0 Å². The fourth-order valence-corrected chi connectivity index (χ4v) is 4.08. The Labute approximate surface area is 132 Å². The monoisotopic (exact) mass is 340 g/mol. The van der Waals surface area contributed by atoms with Gasteiger partial charge in [-0.25, -0.2) is 17.2 Å². The average Bonchev–Trinajstić information content (AvgIpc) is 2.55. The highest BCUT2D eigenvalue weighted by Crippen LogP contribution is 2.30. The fourth-order valence-electron chi connectivity index (χ4n) is 2.52. The molecule has 0 saturated carbocycles. The summed E-state index contributed by atoms with van der Waals surface area (Å²) in [4.78, 5) is 3.35. The highest BCUT2D eigenvalue weighted by Gasteiger charge is 2.35. The minimum Gasteiger partial charge on any atom is -0.378 e. The number of benzene rings is 1. The number of ether oxygens (including phenoxy) is 1. The normalized spacial score (nSPS) is 19.7. The third-order valence-corrected chi connectivity index (χ3v) is 5.47. The van der Waals surface area contributed by atoms with Gasteiger partial charge in [-0.2, -0.15) is 4.31 Å². The van der Waals surface area contributed by atoms with E-state index in [4.69, 9.17) is 4.74 Å². The second kappa shape index (κ2) is 6.31. The Balaban J connectivity index is 2.01. The van der Waals surface area contributed by atoms with Crippen LogP contribution >= 0.6 is 0 Å². The molecule has 1 aromatic carbocycles. The molecule has 0 N–H and O–H groups in total. The van der Waals surface area contributed by atoms with Crippen LogP contribution in [0.1, 0.15) is 11.6 Å². The van der Waals surface area contributed by atoms with Crippen LogP contribution in [-0.2, 0) is 14.8 Å². The summed E-state index contributed by atoms with van der Waals surface area (Å²) in [6.45, 7) is 0.416. The first kappa shape index (κ1) is 16.0. The SMILES string of the molecule is O=S(=O)(c1cncc(F)c1)N1CCOCC1c1cccc(F)c1. The van der Waals surface area contributed by atoms with Gasteiger partial charge in [0.2, 0.25) is 10.0 Å². The number of sulfonamides is 1. The molecule has 5 nitrogen and oxygen atoms in total. The molecule has 8 heteroatoms. The summed E-state index contributed by atoms with van der Waals surface area (Å²) in [7, 11) is -3.97. The lowest BCUT2D eigenvalue weighted by Gasteiger charge is -2.34. The zero-order chi connectivity index (χ0) is 16.4. The zero-order valence-corrected chi connectivity index (χ0v) is 12.8. The summed E-state index contributed by atoms with van der Waals surface area (Å²) >= 11 is 0. The highest BCUT2D eigenvalue weighted by atomic mass is 32.2. The van der Waals surface area contributed by atoms with Gasteiger partial charge in [-0.15, -0.1) is 0 Å². The van der Waals surface area contributed by atoms with E-state index in [-0.39, 0.29) is 24.7 Å². The predicted octanol–water partition coefficient (Wildman–Crippen LogP) is 2.12. The summed E-state index contributed by atoms with van der Waals surface area (Å²) in [5.74, 6) is -1.19. The van der Waals surface area contributed by atoms with Gasteiger partial charge in [0.1, 0.15) is 16.5 Å². The van der Waals surface area contributed by atoms with Crippen molar-refractivity contribution >= 4 is 10.0 Å². The van der Waals surface area contributed by atoms with Crippen LogP contribution in [-0.4, -0.2) is 37.5 Å². The van der Waals surface area contributed by atoms with Crippen molar-refractivity contribution in [2.45, 2.75) is 10.9 Å². The fraction of sp³-hybridized carbons (Fsp3) is 0.267. The molecule has 0 amide bonds. The molecule has 0 spiro atoms. The molecule has 2 heterocycles. The van der Waals surface area contributed by atoms with Gasteiger partial charge in [-0.3, -0.25) is 4.98 Å². The largest absolute Gasteiger partial charge is 0.378 e. The van der Waals surface area contributed by atoms with E-state index in [1.807, 2.05) is 0 Å². The molecule has 1 aliphatic rings. The summed E-state index contributed by atoms with van der Waals surface area (Å²) < 4.78 is 58.9. The standard InChI is InChI=1S/C15H14F2N2O3S/c16-12-3-1-2-11(6-12)15-10-22-5-4-19(15)23(20,21)14-7-13(17)8-18-9-14/h1-3,6-9,15H,4-5,10H2. The van der Waals surface area contributed by atoms with E-state index in [9.17, 15) is 17.2 Å². The van der Waals surface area contributed by atoms with Gasteiger partial charge in [-0.05, 0) is 23.8 Å². The van der Waals surface area contributed by atoms with Crippen LogP contribution in [0.2, 0.25) is 0 Å². The van der Waals surface area contributed by atoms with Gasteiger partial charge in [-0.1, -0.05) is 12.1 Å². The second-order valence-electron chi connectivity index (χ2n) is 5.10. The zero-order valence-electron chi connectivity index (χ0n) is 12.0. The Morgan fingerprint density at radius 3 is 2.74 bits per heavy atom. The highest BCUT2D eigenvalue weighted by molar-refractivity contribution is 7.89. The number of halogens is 2. The number of hydrogen-bond donors (Lipinski definition) is 0. The molecule has 1 atom stereocenters. The summed E-state index contributed by atoms with van der Waals surface area (Å²) in [5.41, 5.74) is 0.484. The van der Waals surface area contributed by atoms with Crippen LogP contribution in [0.25, 0.3) is 0 Å². The lowest BCUT2D eigenvalue weighted by Crippen LogP contribution is -2.43. The van der Waals surface area contributed by atoms with E-state index in [1.165, 1.54) is 22.5 Å². The Hall–Kier alpha value is -1.90. The molecule has 0 radical (unpaired) electrons. The third kappa shape index (κ3) is 3.24. The third-order valence-electron chi connectivity index (χ3n) is 3.60. The summed E-state index contributed by atoms with van der Waals surface area (Å²) in [5, 5.41) is 0. The molecule has 1 saturated heterocycles. The molecular weight excluding hydrogens is 326 g/mol. The molecule has 1 aromatic heterocycles. The lowest BCUT2D eigenvalue weighted by atomic mass is 10.1. The van der Waals surface area contributed by atoms with Crippen molar-refractivity contribution in [3.63, 3.8) is 0 Å². The van der Waals surface area contributed by atoms with E-state index in [1.54, 1.807) is 6.07 Å². The summed E-state index contributed by atoms with van der Waals surface area (Å²) in [6.07, 6.45) is 2.03. The topological polar surface area (TPSA) is 59.5 Å². The van der Waals surface area contributed by atoms with E-state index in [0.29, 0.717) is 5.56 Å². The van der Waals surface area contributed by atoms with Gasteiger partial charge in [0.25, 0.3) is 0 Å². The van der Waals surface area contributed by atoms with Crippen molar-refractivity contribution < 1.29 is 21.9 Å². The number of aromatic nitrogens is 1. The smallest absolute Gasteiger partial charge is 0.245 e. The first-order valence-corrected chi connectivity index (χ1v) is 8.38. The molecule has 0 bridgehead atoms. The number of rotatable bonds is 3. The minimum atomic E-state index is -3.97. The van der Waals surface area contributed by atoms with Crippen molar-refractivity contribution in [1.82, 2.24) is 9.29 Å². The lowest BCUT2D eigenvalue weighted by molar-refractivity contribution is 0.0319. The Bertz CT molecular complexity index is 814. The van der Waals surface area contributed by atoms with Crippen molar-refractivity contribution in [3.8, 4) is 0 Å². The van der Waals surface area contributed by atoms with E-state index in [0.717, 1.165) is 18.5 Å². The average molecular weight is 340 g/mol. The molecule has 0 aliphatic carbocycles. The Kier molecular flexibility index (Phi) is 4.38. The molecule has 1 fully saturated rings. The molecule has 1 unspecified atom stereocenters.